The van der Waals surface area contributed by atoms with E-state index >= 15 is 0 Å². The molecule has 0 radical (unpaired) electrons. The highest BCUT2D eigenvalue weighted by Gasteiger charge is 2.73. The summed E-state index contributed by atoms with van der Waals surface area (Å²) in [6, 6.07) is 0. The van der Waals surface area contributed by atoms with Gasteiger partial charge in [0.25, 0.3) is 0 Å². The lowest BCUT2D eigenvalue weighted by molar-refractivity contribution is -0.384. The predicted molar refractivity (Wildman–Crippen MR) is 271 cm³/mol. The molecule has 11 N–H and O–H groups in total. The maximum atomic E-state index is 13.8. The molecule has 7 fully saturated rings. The van der Waals surface area contributed by atoms with Crippen LogP contribution in [0.4, 0.5) is 0 Å². The lowest BCUT2D eigenvalue weighted by Crippen LogP contribution is -2.72. The molecule has 0 amide bonds. The molecule has 5 aliphatic carbocycles. The summed E-state index contributed by atoms with van der Waals surface area (Å²) in [5, 5.41) is 120. The van der Waals surface area contributed by atoms with E-state index in [0.29, 0.717) is 49.7 Å². The zero-order valence-electron chi connectivity index (χ0n) is 46.4. The monoisotopic (exact) mass is 1110 g/mol. The van der Waals surface area contributed by atoms with E-state index in [1.54, 1.807) is 39.8 Å². The maximum absolute atomic E-state index is 13.8. The first-order chi connectivity index (χ1) is 36.6. The Morgan fingerprint density at radius 2 is 1.23 bits per heavy atom. The minimum atomic E-state index is -2.10. The van der Waals surface area contributed by atoms with Gasteiger partial charge >= 0.3 is 17.9 Å². The van der Waals surface area contributed by atoms with Crippen molar-refractivity contribution in [3.63, 3.8) is 0 Å². The molecule has 0 aromatic heterocycles. The first-order valence-electron chi connectivity index (χ1n) is 27.7. The van der Waals surface area contributed by atoms with Gasteiger partial charge in [0, 0.05) is 16.6 Å². The Balaban J connectivity index is 1.11. The number of carbonyl (C=O) groups is 3. The lowest BCUT2D eigenvalue weighted by Gasteiger charge is -2.72. The molecule has 0 spiro atoms. The highest BCUT2D eigenvalue weighted by atomic mass is 16.8. The molecule has 26 atom stereocenters. The zero-order valence-corrected chi connectivity index (χ0v) is 46.4. The summed E-state index contributed by atoms with van der Waals surface area (Å²) < 4.78 is 49.0. The van der Waals surface area contributed by atoms with Crippen molar-refractivity contribution in [2.45, 2.75) is 225 Å². The summed E-state index contributed by atoms with van der Waals surface area (Å²) in [4.78, 5) is 40.2. The maximum Gasteiger partial charge on any atom is 0.335 e. The van der Waals surface area contributed by atoms with Crippen LogP contribution < -0.4 is 0 Å². The number of carbonyl (C=O) groups excluding carboxylic acids is 2. The smallest absolute Gasteiger partial charge is 0.335 e. The summed E-state index contributed by atoms with van der Waals surface area (Å²) in [6.45, 7) is 17.3. The van der Waals surface area contributed by atoms with Crippen LogP contribution in [0, 0.1) is 50.7 Å². The van der Waals surface area contributed by atoms with Gasteiger partial charge in [0.2, 0.25) is 0 Å². The second-order valence-corrected chi connectivity index (χ2v) is 25.1. The quantitative estimate of drug-likeness (QED) is 0.0498. The number of hydrogen-bond acceptors (Lipinski definition) is 21. The first-order valence-corrected chi connectivity index (χ1v) is 27.7. The standard InChI is InChI=1S/C56H86O22/c1-11-24(3)47(69)77-44-45(78-48(70)25(4)12-2)56(23-59)29(19-52(44,6)7)28-13-14-33-53(8)17-16-30(26(5)27(53)15-18-54(33,9)55(28,10)20-34(56)60)71-51-43(76-50-39(65)37(63)35(61)31(21-57)72-50)41(40(66)42(75-51)46(67)68)74-49-38(64)36(62)32(22-58)73-49/h11-13,26-27,29-45,49-51,57-66H,14-23H2,1-10H3,(H,67,68)/t26-,27-,29-,30-,31+,32-,33+,34+,35-,36-,37-,38+,39+,40-,41-,42-,43+,44-,45-,49-,50-,51+,53-,54+,55+,56-/m0/s1. The van der Waals surface area contributed by atoms with Crippen molar-refractivity contribution < 1.29 is 108 Å². The molecule has 3 heterocycles. The Kier molecular flexibility index (Phi) is 17.7. The van der Waals surface area contributed by atoms with Crippen LogP contribution >= 0.6 is 0 Å². The Morgan fingerprint density at radius 3 is 1.78 bits per heavy atom. The summed E-state index contributed by atoms with van der Waals surface area (Å²) >= 11 is 0. The Morgan fingerprint density at radius 1 is 0.679 bits per heavy atom. The molecule has 78 heavy (non-hydrogen) atoms. The summed E-state index contributed by atoms with van der Waals surface area (Å²) in [5.41, 5.74) is -1.89. The van der Waals surface area contributed by atoms with Crippen LogP contribution in [0.1, 0.15) is 114 Å². The second-order valence-electron chi connectivity index (χ2n) is 25.1. The predicted octanol–water partition coefficient (Wildman–Crippen LogP) is 0.902. The largest absolute Gasteiger partial charge is 0.479 e. The van der Waals surface area contributed by atoms with Gasteiger partial charge in [-0.2, -0.15) is 0 Å². The molecule has 0 aromatic carbocycles. The Bertz CT molecular complexity index is 2300. The van der Waals surface area contributed by atoms with Crippen molar-refractivity contribution in [1.29, 1.82) is 0 Å². The molecule has 0 unspecified atom stereocenters. The summed E-state index contributed by atoms with van der Waals surface area (Å²) in [6.07, 6.45) is -19.9. The molecular weight excluding hydrogens is 1020 g/mol. The van der Waals surface area contributed by atoms with Crippen LogP contribution in [-0.2, 0) is 52.3 Å². The fraction of sp³-hybridized carbons (Fsp3) is 0.839. The number of aliphatic carboxylic acids is 1. The third-order valence-corrected chi connectivity index (χ3v) is 20.9. The van der Waals surface area contributed by atoms with Gasteiger partial charge < -0.3 is 94.1 Å². The van der Waals surface area contributed by atoms with E-state index < -0.39 is 176 Å². The molecule has 22 heteroatoms. The van der Waals surface area contributed by atoms with Crippen LogP contribution in [0.5, 0.6) is 0 Å². The highest BCUT2D eigenvalue weighted by molar-refractivity contribution is 5.89. The van der Waals surface area contributed by atoms with Crippen LogP contribution in [0.3, 0.4) is 0 Å². The number of aliphatic hydroxyl groups is 10. The minimum absolute atomic E-state index is 0.0125. The van der Waals surface area contributed by atoms with Crippen molar-refractivity contribution in [3.05, 3.63) is 34.9 Å². The van der Waals surface area contributed by atoms with Crippen LogP contribution in [0.15, 0.2) is 34.9 Å². The first kappa shape index (κ1) is 61.1. The summed E-state index contributed by atoms with van der Waals surface area (Å²) in [5.74, 6) is -3.57. The third-order valence-electron chi connectivity index (χ3n) is 20.9. The van der Waals surface area contributed by atoms with Gasteiger partial charge in [-0.3, -0.25) is 0 Å². The van der Waals surface area contributed by atoms with E-state index in [4.69, 9.17) is 37.9 Å². The number of esters is 2. The number of rotatable bonds is 14. The highest BCUT2D eigenvalue weighted by Crippen LogP contribution is 2.75. The number of aliphatic hydroxyl groups excluding tert-OH is 10. The number of ether oxygens (including phenoxy) is 8. The Labute approximate surface area is 455 Å². The Hall–Kier alpha value is -3.01. The zero-order chi connectivity index (χ0) is 57.5. The molecular formula is C56H86O22. The SMILES string of the molecule is CC=C(C)C(=O)O[C@H]1[C@H](OC(=O)C(C)=CC)[C@]2(CO)[C@H](O)C[C@]3(C)C(=CC[C@@H]4[C@@]5(C)CC[C@H](O[C@@H]6O[C@H](C(=O)O)[C@@H](O)[C@H](O[C@@H]7O[C@@H](CO)[C@H](O)[C@H]7O)[C@H]6O[C@@H]6O[C@H](CO)[C@H](O)[C@H](O)[C@H]6O)[C@@H](C)[C@@H]5CC[C@]43C)[C@@H]2CC1(C)C. The normalized spacial score (nSPS) is 49.3. The molecule has 8 aliphatic rings. The molecule has 0 aromatic rings. The van der Waals surface area contributed by atoms with Crippen LogP contribution in [0.25, 0.3) is 0 Å². The third kappa shape index (κ3) is 9.85. The van der Waals surface area contributed by atoms with Gasteiger partial charge in [-0.05, 0) is 113 Å². The van der Waals surface area contributed by atoms with Gasteiger partial charge in [-0.15, -0.1) is 0 Å². The van der Waals surface area contributed by atoms with Crippen molar-refractivity contribution in [2.75, 3.05) is 19.8 Å². The van der Waals surface area contributed by atoms with Crippen molar-refractivity contribution >= 4 is 17.9 Å². The van der Waals surface area contributed by atoms with E-state index in [9.17, 15) is 70.6 Å². The fourth-order valence-corrected chi connectivity index (χ4v) is 15.8. The number of fused-ring (bicyclic) bond motifs is 7. The molecule has 442 valence electrons. The molecule has 0 bridgehead atoms. The number of carboxylic acid groups (broad SMARTS) is 1. The van der Waals surface area contributed by atoms with Gasteiger partial charge in [-0.1, -0.05) is 65.3 Å². The van der Waals surface area contributed by atoms with Gasteiger partial charge in [0.05, 0.1) is 37.4 Å². The minimum Gasteiger partial charge on any atom is -0.479 e. The van der Waals surface area contributed by atoms with Crippen molar-refractivity contribution in [3.8, 4) is 0 Å². The number of carboxylic acids is 1. The number of allylic oxidation sites excluding steroid dienone is 4. The van der Waals surface area contributed by atoms with E-state index in [0.717, 1.165) is 5.57 Å². The molecule has 3 aliphatic heterocycles. The van der Waals surface area contributed by atoms with Gasteiger partial charge in [0.1, 0.15) is 67.1 Å². The molecule has 3 saturated heterocycles. The van der Waals surface area contributed by atoms with Crippen molar-refractivity contribution in [1.82, 2.24) is 0 Å². The lowest BCUT2D eigenvalue weighted by atomic mass is 9.34. The van der Waals surface area contributed by atoms with Crippen molar-refractivity contribution in [2.24, 2.45) is 50.7 Å². The van der Waals surface area contributed by atoms with E-state index in [-0.39, 0.29) is 29.6 Å². The summed E-state index contributed by atoms with van der Waals surface area (Å²) in [7, 11) is 0. The van der Waals surface area contributed by atoms with Gasteiger partial charge in [0.15, 0.2) is 31.1 Å². The second kappa shape index (κ2) is 22.6. The molecule has 8 rings (SSSR count). The molecule has 4 saturated carbocycles. The van der Waals surface area contributed by atoms with E-state index in [1.807, 2.05) is 20.8 Å². The van der Waals surface area contributed by atoms with Gasteiger partial charge in [-0.25, -0.2) is 14.4 Å². The van der Waals surface area contributed by atoms with E-state index in [2.05, 4.69) is 26.8 Å². The topological polar surface area (TPSA) is 348 Å². The fourth-order valence-electron chi connectivity index (χ4n) is 15.8. The number of hydrogen-bond donors (Lipinski definition) is 11. The van der Waals surface area contributed by atoms with Crippen LogP contribution in [0.2, 0.25) is 0 Å². The average Bonchev–Trinajstić information content (AvgIpc) is 3.83. The average molecular weight is 1110 g/mol. The molecule has 22 nitrogen and oxygen atoms in total. The van der Waals surface area contributed by atoms with E-state index in [1.165, 1.54) is 0 Å². The van der Waals surface area contributed by atoms with Crippen LogP contribution in [-0.4, -0.2) is 204 Å².